The number of hydrogen-bond acceptors (Lipinski definition) is 2. The minimum Gasteiger partial charge on any atom is -0.463 e. The van der Waals surface area contributed by atoms with E-state index in [1.807, 2.05) is 19.1 Å². The maximum absolute atomic E-state index is 15.7. The van der Waals surface area contributed by atoms with Crippen LogP contribution >= 0.6 is 0 Å². The molecule has 8 aromatic carbocycles. The first kappa shape index (κ1) is 55.2. The van der Waals surface area contributed by atoms with E-state index in [1.165, 1.54) is 23.1 Å². The number of hydrogen-bond donors (Lipinski definition) is 0. The normalized spacial score (nSPS) is 17.5. The average Bonchev–Trinajstić information content (AvgIpc) is 3.85. The van der Waals surface area contributed by atoms with Crippen LogP contribution in [0.2, 0.25) is 0 Å². The van der Waals surface area contributed by atoms with E-state index in [2.05, 4.69) is 94.1 Å². The molecule has 79 heavy (non-hydrogen) atoms. The predicted octanol–water partition coefficient (Wildman–Crippen LogP) is 19.8. The van der Waals surface area contributed by atoms with Gasteiger partial charge in [-0.05, 0) is 160 Å². The lowest BCUT2D eigenvalue weighted by molar-refractivity contribution is -0.426. The molecule has 2 atom stereocenters. The number of benzene rings is 8. The van der Waals surface area contributed by atoms with Gasteiger partial charge >= 0.3 is 30.7 Å². The van der Waals surface area contributed by atoms with Gasteiger partial charge in [0.2, 0.25) is 0 Å². The van der Waals surface area contributed by atoms with Gasteiger partial charge in [-0.3, -0.25) is 0 Å². The molecule has 0 N–H and O–H groups in total. The van der Waals surface area contributed by atoms with Crippen molar-refractivity contribution in [2.45, 2.75) is 114 Å². The zero-order valence-corrected chi connectivity index (χ0v) is 43.8. The lowest BCUT2D eigenvalue weighted by Gasteiger charge is -2.39. The van der Waals surface area contributed by atoms with Crippen molar-refractivity contribution in [3.8, 4) is 44.5 Å². The molecule has 2 nitrogen and oxygen atoms in total. The maximum Gasteiger partial charge on any atom is 0.412 e. The molecule has 410 valence electrons. The van der Waals surface area contributed by atoms with Crippen LogP contribution in [-0.2, 0) is 32.2 Å². The van der Waals surface area contributed by atoms with Gasteiger partial charge in [0.15, 0.2) is 0 Å². The molecule has 0 heterocycles. The Bertz CT molecular complexity index is 3720. The highest BCUT2D eigenvalue weighted by Crippen LogP contribution is 2.63. The van der Waals surface area contributed by atoms with Crippen LogP contribution in [0.3, 0.4) is 0 Å². The zero-order valence-electron chi connectivity index (χ0n) is 43.8. The van der Waals surface area contributed by atoms with Gasteiger partial charge in [0.25, 0.3) is 5.41 Å². The van der Waals surface area contributed by atoms with Crippen molar-refractivity contribution in [3.63, 3.8) is 0 Å². The summed E-state index contributed by atoms with van der Waals surface area (Å²) in [5.41, 5.74) is -4.36. The second-order valence-corrected chi connectivity index (χ2v) is 22.3. The molecule has 2 aliphatic rings. The highest BCUT2D eigenvalue weighted by molar-refractivity contribution is 6.25. The van der Waals surface area contributed by atoms with Gasteiger partial charge in [0, 0.05) is 17.9 Å². The predicted molar refractivity (Wildman–Crippen MR) is 287 cm³/mol. The van der Waals surface area contributed by atoms with Crippen LogP contribution in [0.4, 0.5) is 52.7 Å². The molecule has 0 spiro atoms. The molecule has 8 aromatic rings. The van der Waals surface area contributed by atoms with Crippen LogP contribution in [0, 0.1) is 5.41 Å². The Hall–Kier alpha value is -7.09. The summed E-state index contributed by atoms with van der Waals surface area (Å²) in [5.74, 6) is -0.537. The minimum absolute atomic E-state index is 0.0335. The van der Waals surface area contributed by atoms with E-state index >= 15 is 13.2 Å². The van der Waals surface area contributed by atoms with Crippen molar-refractivity contribution < 1.29 is 62.2 Å². The Balaban J connectivity index is 1.09. The smallest absolute Gasteiger partial charge is 0.412 e. The third-order valence-electron chi connectivity index (χ3n) is 17.0. The summed E-state index contributed by atoms with van der Waals surface area (Å²) in [6.45, 7) is 17.7. The van der Waals surface area contributed by atoms with E-state index in [0.29, 0.717) is 55.4 Å². The quantitative estimate of drug-likeness (QED) is 0.0287. The van der Waals surface area contributed by atoms with E-state index in [4.69, 9.17) is 11.3 Å². The van der Waals surface area contributed by atoms with Crippen molar-refractivity contribution in [2.24, 2.45) is 5.41 Å². The Morgan fingerprint density at radius 3 is 1.58 bits per heavy atom. The van der Waals surface area contributed by atoms with E-state index in [-0.39, 0.29) is 28.7 Å². The number of ether oxygens (including phenoxy) is 1. The van der Waals surface area contributed by atoms with Gasteiger partial charge in [-0.1, -0.05) is 162 Å². The van der Waals surface area contributed by atoms with Gasteiger partial charge in [-0.2, -0.15) is 52.7 Å². The van der Waals surface area contributed by atoms with Crippen molar-refractivity contribution in [3.05, 3.63) is 180 Å². The standard InChI is InChI=1S/C65H54F12O2/c1-8-36(3)60(27-11-10-12-28-79-55(78)9-2)53-33-40(39-17-23-47-46-21-13-37(29-51(46)59(7,52(47)32-39)62(66,67)68)35-61(63(69,70)71,64(72,73)74)65(75,76)77)18-24-48(53)49-25-19-41(34-54(49)60)45-22-16-38-14-15-42-30-44(58(4,5)6)31-43-20-26-50(45)57(38)56(42)43/h9,13-26,29-34H,2-3,8,10-12,27-28,35H2,1,4-7H3. The highest BCUT2D eigenvalue weighted by atomic mass is 19.4. The molecule has 2 aliphatic carbocycles. The lowest BCUT2D eigenvalue weighted by Crippen LogP contribution is -2.60. The number of allylic oxidation sites excluding steroid dienone is 1. The summed E-state index contributed by atoms with van der Waals surface area (Å²) >= 11 is 0. The van der Waals surface area contributed by atoms with Crippen LogP contribution in [0.5, 0.6) is 0 Å². The highest BCUT2D eigenvalue weighted by Gasteiger charge is 2.83. The van der Waals surface area contributed by atoms with Gasteiger partial charge in [-0.25, -0.2) is 4.79 Å². The summed E-state index contributed by atoms with van der Waals surface area (Å²) in [7, 11) is 0. The molecule has 0 aromatic heterocycles. The minimum atomic E-state index is -6.90. The van der Waals surface area contributed by atoms with Crippen LogP contribution in [0.15, 0.2) is 146 Å². The first-order valence-electron chi connectivity index (χ1n) is 26.0. The fraction of sp³-hybridized carbons (Fsp3) is 0.308. The number of alkyl halides is 12. The molecule has 10 rings (SSSR count). The van der Waals surface area contributed by atoms with Crippen molar-refractivity contribution >= 4 is 38.3 Å². The summed E-state index contributed by atoms with van der Waals surface area (Å²) in [4.78, 5) is 11.9. The average molecular weight is 1100 g/mol. The summed E-state index contributed by atoms with van der Waals surface area (Å²) in [5, 5.41) is 6.78. The number of rotatable bonds is 13. The molecule has 0 bridgehead atoms. The molecule has 0 aliphatic heterocycles. The number of carbonyl (C=O) groups excluding carboxylic acids is 1. The van der Waals surface area contributed by atoms with Gasteiger partial charge < -0.3 is 4.74 Å². The summed E-state index contributed by atoms with van der Waals surface area (Å²) in [6.07, 6.45) is -24.6. The van der Waals surface area contributed by atoms with Gasteiger partial charge in [0.1, 0.15) is 5.41 Å². The lowest BCUT2D eigenvalue weighted by atomic mass is 9.67. The topological polar surface area (TPSA) is 26.3 Å². The number of unbranched alkanes of at least 4 members (excludes halogenated alkanes) is 2. The SMILES string of the molecule is C=CC(=O)OCCCCCC1(C(=C)CC)c2cc(-c3ccc4c(c3)C(C)(C(F)(F)F)c3cc(CC(C(F)(F)F)(C(F)(F)F)C(F)(F)F)ccc3-4)ccc2-c2ccc(-c3ccc4ccc5cc(C(C)(C)C)cc6ccc3c4c56)cc21. The van der Waals surface area contributed by atoms with Crippen LogP contribution in [0.1, 0.15) is 100 Å². The zero-order chi connectivity index (χ0) is 57.2. The number of esters is 1. The fourth-order valence-corrected chi connectivity index (χ4v) is 12.6. The molecule has 0 saturated carbocycles. The third kappa shape index (κ3) is 8.51. The van der Waals surface area contributed by atoms with E-state index < -0.39 is 64.5 Å². The Labute approximate surface area is 449 Å². The van der Waals surface area contributed by atoms with E-state index in [9.17, 15) is 44.3 Å². The monoisotopic (exact) mass is 1090 g/mol. The van der Waals surface area contributed by atoms with Crippen LogP contribution in [-0.4, -0.2) is 37.3 Å². The fourth-order valence-electron chi connectivity index (χ4n) is 12.6. The van der Waals surface area contributed by atoms with Crippen molar-refractivity contribution in [1.29, 1.82) is 0 Å². The number of fused-ring (bicyclic) bond motifs is 6. The van der Waals surface area contributed by atoms with E-state index in [0.717, 1.165) is 85.0 Å². The Morgan fingerprint density at radius 2 is 1.04 bits per heavy atom. The number of carbonyl (C=O) groups is 1. The van der Waals surface area contributed by atoms with Gasteiger partial charge in [0.05, 0.1) is 6.61 Å². The second-order valence-electron chi connectivity index (χ2n) is 22.3. The van der Waals surface area contributed by atoms with E-state index in [1.54, 1.807) is 12.1 Å². The third-order valence-corrected chi connectivity index (χ3v) is 17.0. The number of halogens is 12. The molecule has 0 fully saturated rings. The summed E-state index contributed by atoms with van der Waals surface area (Å²) in [6, 6.07) is 35.6. The summed E-state index contributed by atoms with van der Waals surface area (Å²) < 4.78 is 179. The molecular formula is C65H54F12O2. The van der Waals surface area contributed by atoms with Crippen molar-refractivity contribution in [1.82, 2.24) is 0 Å². The molecule has 0 radical (unpaired) electrons. The molecule has 0 saturated heterocycles. The first-order valence-corrected chi connectivity index (χ1v) is 26.0. The second kappa shape index (κ2) is 18.8. The molecule has 0 amide bonds. The van der Waals surface area contributed by atoms with Crippen LogP contribution in [0.25, 0.3) is 76.8 Å². The molecule has 14 heteroatoms. The Morgan fingerprint density at radius 1 is 0.557 bits per heavy atom. The maximum atomic E-state index is 15.7. The molecular weight excluding hydrogens is 1040 g/mol. The van der Waals surface area contributed by atoms with Crippen molar-refractivity contribution in [2.75, 3.05) is 6.61 Å². The Kier molecular flexibility index (Phi) is 13.1. The van der Waals surface area contributed by atoms with Crippen LogP contribution < -0.4 is 0 Å². The largest absolute Gasteiger partial charge is 0.463 e. The first-order chi connectivity index (χ1) is 36.9. The molecule has 2 unspecified atom stereocenters. The van der Waals surface area contributed by atoms with Gasteiger partial charge in [-0.15, -0.1) is 0 Å².